The fourth-order valence-corrected chi connectivity index (χ4v) is 4.07. The molecular weight excluding hydrogens is 462 g/mol. The SMILES string of the molecule is COc1ccc(-c2ccc(/C=C3/SC(=Nc4ccc(C(F)C(=O)O)c(F)c4)NC3=O)cc2)cc1. The molecule has 172 valence electrons. The van der Waals surface area contributed by atoms with Crippen molar-refractivity contribution in [3.05, 3.63) is 88.6 Å². The van der Waals surface area contributed by atoms with E-state index < -0.39 is 23.5 Å². The van der Waals surface area contributed by atoms with Crippen molar-refractivity contribution in [1.82, 2.24) is 5.32 Å². The molecule has 0 spiro atoms. The third-order valence-electron chi connectivity index (χ3n) is 4.99. The lowest BCUT2D eigenvalue weighted by molar-refractivity contribution is -0.143. The van der Waals surface area contributed by atoms with Gasteiger partial charge in [0.2, 0.25) is 6.17 Å². The van der Waals surface area contributed by atoms with Crippen LogP contribution in [0.15, 0.2) is 76.6 Å². The highest BCUT2D eigenvalue weighted by atomic mass is 32.2. The minimum absolute atomic E-state index is 0.117. The summed E-state index contributed by atoms with van der Waals surface area (Å²) in [4.78, 5) is 27.6. The van der Waals surface area contributed by atoms with Crippen LogP contribution in [0, 0.1) is 5.82 Å². The van der Waals surface area contributed by atoms with Crippen LogP contribution in [0.25, 0.3) is 17.2 Å². The van der Waals surface area contributed by atoms with Gasteiger partial charge in [0.1, 0.15) is 11.6 Å². The number of carboxylic acid groups (broad SMARTS) is 1. The summed E-state index contributed by atoms with van der Waals surface area (Å²) in [5, 5.41) is 11.5. The highest BCUT2D eigenvalue weighted by Gasteiger charge is 2.25. The first-order valence-corrected chi connectivity index (χ1v) is 10.9. The van der Waals surface area contributed by atoms with Gasteiger partial charge in [0.25, 0.3) is 5.91 Å². The Morgan fingerprint density at radius 3 is 2.32 bits per heavy atom. The Labute approximate surface area is 198 Å². The van der Waals surface area contributed by atoms with E-state index in [1.165, 1.54) is 6.07 Å². The zero-order valence-corrected chi connectivity index (χ0v) is 18.6. The van der Waals surface area contributed by atoms with Crippen LogP contribution < -0.4 is 10.1 Å². The van der Waals surface area contributed by atoms with E-state index in [1.54, 1.807) is 13.2 Å². The summed E-state index contributed by atoms with van der Waals surface area (Å²) in [7, 11) is 1.61. The maximum Gasteiger partial charge on any atom is 0.343 e. The number of nitrogens with one attached hydrogen (secondary N) is 1. The van der Waals surface area contributed by atoms with Crippen LogP contribution in [-0.4, -0.2) is 29.3 Å². The average Bonchev–Trinajstić information content (AvgIpc) is 3.17. The molecule has 1 heterocycles. The van der Waals surface area contributed by atoms with E-state index in [9.17, 15) is 18.4 Å². The lowest BCUT2D eigenvalue weighted by Crippen LogP contribution is -2.19. The molecule has 1 aliphatic heterocycles. The molecule has 0 bridgehead atoms. The Balaban J connectivity index is 1.48. The van der Waals surface area contributed by atoms with Crippen LogP contribution in [0.1, 0.15) is 17.3 Å². The first kappa shape index (κ1) is 23.2. The fourth-order valence-electron chi connectivity index (χ4n) is 3.23. The molecule has 4 rings (SSSR count). The number of hydrogen-bond donors (Lipinski definition) is 2. The number of benzene rings is 3. The van der Waals surface area contributed by atoms with Crippen molar-refractivity contribution in [3.8, 4) is 16.9 Å². The van der Waals surface area contributed by atoms with E-state index in [-0.39, 0.29) is 16.8 Å². The molecule has 6 nitrogen and oxygen atoms in total. The number of aliphatic imine (C=N–C) groups is 1. The highest BCUT2D eigenvalue weighted by molar-refractivity contribution is 8.18. The van der Waals surface area contributed by atoms with Gasteiger partial charge in [-0.25, -0.2) is 18.6 Å². The second-order valence-electron chi connectivity index (χ2n) is 7.24. The van der Waals surface area contributed by atoms with E-state index in [1.807, 2.05) is 48.5 Å². The molecule has 1 unspecified atom stereocenters. The molecule has 0 radical (unpaired) electrons. The number of halogens is 2. The van der Waals surface area contributed by atoms with E-state index in [2.05, 4.69) is 10.3 Å². The smallest absolute Gasteiger partial charge is 0.343 e. The molecule has 0 aliphatic carbocycles. The van der Waals surface area contributed by atoms with Gasteiger partial charge in [-0.1, -0.05) is 42.5 Å². The van der Waals surface area contributed by atoms with E-state index in [0.29, 0.717) is 4.91 Å². The Bertz CT molecular complexity index is 1310. The molecule has 1 aliphatic rings. The lowest BCUT2D eigenvalue weighted by Gasteiger charge is -2.05. The number of nitrogens with zero attached hydrogens (tertiary/aromatic N) is 1. The number of carbonyl (C=O) groups excluding carboxylic acids is 1. The van der Waals surface area contributed by atoms with Crippen LogP contribution in [0.3, 0.4) is 0 Å². The Hall–Kier alpha value is -3.98. The average molecular weight is 480 g/mol. The van der Waals surface area contributed by atoms with Crippen molar-refractivity contribution in [1.29, 1.82) is 0 Å². The van der Waals surface area contributed by atoms with Crippen LogP contribution in [0.4, 0.5) is 14.5 Å². The van der Waals surface area contributed by atoms with Crippen LogP contribution >= 0.6 is 11.8 Å². The van der Waals surface area contributed by atoms with Gasteiger partial charge in [-0.2, -0.15) is 0 Å². The zero-order chi connectivity index (χ0) is 24.2. The van der Waals surface area contributed by atoms with Crippen molar-refractivity contribution >= 4 is 40.6 Å². The predicted molar refractivity (Wildman–Crippen MR) is 127 cm³/mol. The van der Waals surface area contributed by atoms with Crippen LogP contribution in [0.5, 0.6) is 5.75 Å². The summed E-state index contributed by atoms with van der Waals surface area (Å²) in [6, 6.07) is 18.6. The third-order valence-corrected chi connectivity index (χ3v) is 5.90. The molecule has 0 saturated carbocycles. The summed E-state index contributed by atoms with van der Waals surface area (Å²) in [5.41, 5.74) is 2.39. The molecule has 9 heteroatoms. The summed E-state index contributed by atoms with van der Waals surface area (Å²) in [6.07, 6.45) is -0.752. The third kappa shape index (κ3) is 5.15. The number of ether oxygens (including phenoxy) is 1. The number of methoxy groups -OCH3 is 1. The first-order chi connectivity index (χ1) is 16.3. The van der Waals surface area contributed by atoms with Crippen molar-refractivity contribution in [3.63, 3.8) is 0 Å². The predicted octanol–water partition coefficient (Wildman–Crippen LogP) is 5.49. The minimum Gasteiger partial charge on any atom is -0.497 e. The Morgan fingerprint density at radius 1 is 1.09 bits per heavy atom. The zero-order valence-electron chi connectivity index (χ0n) is 17.8. The summed E-state index contributed by atoms with van der Waals surface area (Å²) >= 11 is 1.08. The number of alkyl halides is 1. The summed E-state index contributed by atoms with van der Waals surface area (Å²) < 4.78 is 32.8. The van der Waals surface area contributed by atoms with Crippen molar-refractivity contribution in [2.75, 3.05) is 7.11 Å². The largest absolute Gasteiger partial charge is 0.497 e. The molecule has 34 heavy (non-hydrogen) atoms. The van der Waals surface area contributed by atoms with Gasteiger partial charge in [-0.05, 0) is 58.8 Å². The number of carbonyl (C=O) groups is 2. The van der Waals surface area contributed by atoms with Crippen LogP contribution in [0.2, 0.25) is 0 Å². The maximum absolute atomic E-state index is 14.1. The topological polar surface area (TPSA) is 88.0 Å². The molecule has 1 amide bonds. The minimum atomic E-state index is -2.46. The second-order valence-corrected chi connectivity index (χ2v) is 8.27. The second kappa shape index (κ2) is 9.88. The van der Waals surface area contributed by atoms with E-state index in [4.69, 9.17) is 9.84 Å². The van der Waals surface area contributed by atoms with Crippen LogP contribution in [-0.2, 0) is 9.59 Å². The van der Waals surface area contributed by atoms with Gasteiger partial charge >= 0.3 is 5.97 Å². The maximum atomic E-state index is 14.1. The van der Waals surface area contributed by atoms with Gasteiger partial charge in [0.05, 0.1) is 17.7 Å². The molecule has 1 fully saturated rings. The van der Waals surface area contributed by atoms with Gasteiger partial charge in [-0.15, -0.1) is 0 Å². The molecule has 0 aromatic heterocycles. The summed E-state index contributed by atoms with van der Waals surface area (Å²) in [6.45, 7) is 0. The molecule has 3 aromatic carbocycles. The highest BCUT2D eigenvalue weighted by Crippen LogP contribution is 2.30. The first-order valence-electron chi connectivity index (χ1n) is 10.0. The van der Waals surface area contributed by atoms with Crippen molar-refractivity contribution < 1.29 is 28.2 Å². The molecule has 3 aromatic rings. The number of rotatable bonds is 6. The normalized spacial score (nSPS) is 16.5. The number of amides is 1. The number of amidine groups is 1. The van der Waals surface area contributed by atoms with E-state index in [0.717, 1.165) is 46.3 Å². The number of hydrogen-bond acceptors (Lipinski definition) is 5. The van der Waals surface area contributed by atoms with Crippen molar-refractivity contribution in [2.24, 2.45) is 4.99 Å². The van der Waals surface area contributed by atoms with Gasteiger partial charge in [0, 0.05) is 5.56 Å². The molecule has 1 saturated heterocycles. The Kier molecular flexibility index (Phi) is 6.74. The number of thioether (sulfide) groups is 1. The Morgan fingerprint density at radius 2 is 1.74 bits per heavy atom. The lowest BCUT2D eigenvalue weighted by atomic mass is 10.0. The summed E-state index contributed by atoms with van der Waals surface area (Å²) in [5.74, 6) is -2.38. The van der Waals surface area contributed by atoms with E-state index >= 15 is 0 Å². The van der Waals surface area contributed by atoms with Gasteiger partial charge in [0.15, 0.2) is 5.17 Å². The molecule has 1 atom stereocenters. The number of aliphatic carboxylic acids is 1. The fraction of sp³-hybridized carbons (Fsp3) is 0.0800. The molecule has 2 N–H and O–H groups in total. The number of carboxylic acids is 1. The van der Waals surface area contributed by atoms with Gasteiger partial charge < -0.3 is 15.2 Å². The van der Waals surface area contributed by atoms with Crippen molar-refractivity contribution in [2.45, 2.75) is 6.17 Å². The standard InChI is InChI=1S/C25H18F2N2O4S/c1-33-18-9-6-16(7-10-18)15-4-2-14(3-5-15)12-21-23(30)29-25(34-21)28-17-8-11-19(20(26)13-17)22(27)24(31)32/h2-13,22H,1H3,(H,31,32)(H,28,29,30)/b21-12+. The molecular formula is C25H18F2N2O4S. The monoisotopic (exact) mass is 480 g/mol. The quantitative estimate of drug-likeness (QED) is 0.456. The van der Waals surface area contributed by atoms with Gasteiger partial charge in [-0.3, -0.25) is 4.79 Å².